The first kappa shape index (κ1) is 20.5. The minimum absolute atomic E-state index is 0.336. The highest BCUT2D eigenvalue weighted by Gasteiger charge is 2.15. The summed E-state index contributed by atoms with van der Waals surface area (Å²) in [7, 11) is 0. The van der Waals surface area contributed by atoms with E-state index in [1.165, 1.54) is 24.5 Å². The summed E-state index contributed by atoms with van der Waals surface area (Å²) in [6.07, 6.45) is 0.866. The van der Waals surface area contributed by atoms with Gasteiger partial charge in [0.2, 0.25) is 0 Å². The molecule has 0 saturated carbocycles. The summed E-state index contributed by atoms with van der Waals surface area (Å²) in [6.45, 7) is 2.50. The van der Waals surface area contributed by atoms with E-state index in [2.05, 4.69) is 25.6 Å². The monoisotopic (exact) mass is 419 g/mol. The molecule has 1 amide bonds. The summed E-state index contributed by atoms with van der Waals surface area (Å²) in [6, 6.07) is 6.84. The van der Waals surface area contributed by atoms with Crippen LogP contribution in [0.1, 0.15) is 24.9 Å². The quantitative estimate of drug-likeness (QED) is 0.373. The summed E-state index contributed by atoms with van der Waals surface area (Å²) < 4.78 is 19.3. The summed E-state index contributed by atoms with van der Waals surface area (Å²) in [4.78, 5) is 23.4. The van der Waals surface area contributed by atoms with Crippen molar-refractivity contribution in [3.63, 3.8) is 0 Å². The molecule has 1 unspecified atom stereocenters. The molecule has 0 spiro atoms. The van der Waals surface area contributed by atoms with Gasteiger partial charge >= 0.3 is 6.09 Å². The van der Waals surface area contributed by atoms with E-state index in [0.29, 0.717) is 52.9 Å². The van der Waals surface area contributed by atoms with Crippen LogP contribution in [0.5, 0.6) is 5.75 Å². The molecule has 0 saturated heterocycles. The third-order valence-electron chi connectivity index (χ3n) is 4.10. The van der Waals surface area contributed by atoms with Gasteiger partial charge in [0.25, 0.3) is 0 Å². The Labute approximate surface area is 171 Å². The third-order valence-corrected chi connectivity index (χ3v) is 4.31. The maximum atomic E-state index is 13.6. The molecule has 10 heteroatoms. The van der Waals surface area contributed by atoms with Gasteiger partial charge in [-0.25, -0.2) is 24.1 Å². The number of ether oxygens (including phenoxy) is 1. The molecule has 2 aromatic heterocycles. The molecule has 29 heavy (non-hydrogen) atoms. The maximum Gasteiger partial charge on any atom is 0.405 e. The first-order valence-corrected chi connectivity index (χ1v) is 9.24. The zero-order valence-corrected chi connectivity index (χ0v) is 16.3. The van der Waals surface area contributed by atoms with Crippen molar-refractivity contribution in [3.05, 3.63) is 53.2 Å². The standard InChI is InChI=1S/C19H19ClFN5O3/c1-11(25-19(27)28)13-9-12(21)3-5-15(13)29-8-2-7-22-18-17-14(23-10-24-18)4-6-16(20)26-17/h3-6,9-11,25H,2,7-8H2,1H3,(H,27,28)(H,22,23,24). The van der Waals surface area contributed by atoms with Crippen LogP contribution < -0.4 is 15.4 Å². The molecule has 0 aliphatic heterocycles. The van der Waals surface area contributed by atoms with E-state index in [-0.39, 0.29) is 0 Å². The number of hydrogen-bond acceptors (Lipinski definition) is 6. The van der Waals surface area contributed by atoms with Gasteiger partial charge in [-0.2, -0.15) is 0 Å². The fourth-order valence-corrected chi connectivity index (χ4v) is 2.91. The number of halogens is 2. The van der Waals surface area contributed by atoms with E-state index in [9.17, 15) is 9.18 Å². The number of hydrogen-bond donors (Lipinski definition) is 3. The lowest BCUT2D eigenvalue weighted by atomic mass is 10.1. The summed E-state index contributed by atoms with van der Waals surface area (Å²) in [5.74, 6) is 0.530. The van der Waals surface area contributed by atoms with Crippen molar-refractivity contribution in [1.29, 1.82) is 0 Å². The summed E-state index contributed by atoms with van der Waals surface area (Å²) in [5.41, 5.74) is 1.69. The second kappa shape index (κ2) is 9.33. The van der Waals surface area contributed by atoms with E-state index in [1.807, 2.05) is 0 Å². The Bertz CT molecular complexity index is 1020. The van der Waals surface area contributed by atoms with Crippen LogP contribution in [-0.2, 0) is 0 Å². The lowest BCUT2D eigenvalue weighted by molar-refractivity contribution is 0.190. The SMILES string of the molecule is CC(NC(=O)O)c1cc(F)ccc1OCCCNc1ncnc2ccc(Cl)nc12. The largest absolute Gasteiger partial charge is 0.493 e. The van der Waals surface area contributed by atoms with Gasteiger partial charge in [0.05, 0.1) is 18.2 Å². The molecule has 1 atom stereocenters. The fraction of sp³-hybridized carbons (Fsp3) is 0.263. The first-order valence-electron chi connectivity index (χ1n) is 8.87. The number of benzene rings is 1. The van der Waals surface area contributed by atoms with E-state index >= 15 is 0 Å². The molecule has 3 N–H and O–H groups in total. The number of anilines is 1. The highest BCUT2D eigenvalue weighted by atomic mass is 35.5. The van der Waals surface area contributed by atoms with Crippen molar-refractivity contribution in [2.24, 2.45) is 0 Å². The van der Waals surface area contributed by atoms with Gasteiger partial charge in [-0.15, -0.1) is 0 Å². The van der Waals surface area contributed by atoms with Gasteiger partial charge in [-0.3, -0.25) is 0 Å². The Morgan fingerprint density at radius 2 is 2.14 bits per heavy atom. The van der Waals surface area contributed by atoms with Gasteiger partial charge in [0, 0.05) is 12.1 Å². The Balaban J connectivity index is 1.58. The Morgan fingerprint density at radius 3 is 2.93 bits per heavy atom. The van der Waals surface area contributed by atoms with E-state index in [0.717, 1.165) is 0 Å². The molecule has 0 aliphatic rings. The van der Waals surface area contributed by atoms with Crippen molar-refractivity contribution in [1.82, 2.24) is 20.3 Å². The number of aromatic nitrogens is 3. The Kier molecular flexibility index (Phi) is 6.61. The fourth-order valence-electron chi connectivity index (χ4n) is 2.76. The van der Waals surface area contributed by atoms with Crippen molar-refractivity contribution >= 4 is 34.5 Å². The molecule has 3 aromatic rings. The first-order chi connectivity index (χ1) is 13.9. The van der Waals surface area contributed by atoms with Crippen LogP contribution in [0.15, 0.2) is 36.7 Å². The minimum Gasteiger partial charge on any atom is -0.493 e. The second-order valence-electron chi connectivity index (χ2n) is 6.21. The second-order valence-corrected chi connectivity index (χ2v) is 6.59. The maximum absolute atomic E-state index is 13.6. The average molecular weight is 420 g/mol. The number of amides is 1. The molecule has 0 bridgehead atoms. The van der Waals surface area contributed by atoms with Crippen LogP contribution in [-0.4, -0.2) is 39.3 Å². The van der Waals surface area contributed by atoms with Crippen LogP contribution >= 0.6 is 11.6 Å². The number of carbonyl (C=O) groups is 1. The number of carboxylic acid groups (broad SMARTS) is 1. The molecular formula is C19H19ClFN5O3. The van der Waals surface area contributed by atoms with E-state index < -0.39 is 18.0 Å². The van der Waals surface area contributed by atoms with Crippen LogP contribution in [0.25, 0.3) is 11.0 Å². The number of nitrogens with one attached hydrogen (secondary N) is 2. The van der Waals surface area contributed by atoms with Crippen LogP contribution in [0, 0.1) is 5.82 Å². The molecule has 8 nitrogen and oxygen atoms in total. The van der Waals surface area contributed by atoms with Crippen LogP contribution in [0.3, 0.4) is 0 Å². The lowest BCUT2D eigenvalue weighted by Gasteiger charge is -2.17. The average Bonchev–Trinajstić information content (AvgIpc) is 2.68. The molecule has 0 aliphatic carbocycles. The van der Waals surface area contributed by atoms with Gasteiger partial charge < -0.3 is 20.5 Å². The minimum atomic E-state index is -1.19. The lowest BCUT2D eigenvalue weighted by Crippen LogP contribution is -2.25. The molecular weight excluding hydrogens is 401 g/mol. The predicted octanol–water partition coefficient (Wildman–Crippen LogP) is 4.03. The van der Waals surface area contributed by atoms with Crippen molar-refractivity contribution in [2.45, 2.75) is 19.4 Å². The van der Waals surface area contributed by atoms with E-state index in [4.69, 9.17) is 21.4 Å². The molecule has 3 rings (SSSR count). The Morgan fingerprint density at radius 1 is 1.31 bits per heavy atom. The molecule has 2 heterocycles. The van der Waals surface area contributed by atoms with Gasteiger partial charge in [-0.1, -0.05) is 11.6 Å². The van der Waals surface area contributed by atoms with E-state index in [1.54, 1.807) is 19.1 Å². The van der Waals surface area contributed by atoms with Gasteiger partial charge in [0.1, 0.15) is 28.6 Å². The number of rotatable bonds is 8. The predicted molar refractivity (Wildman–Crippen MR) is 107 cm³/mol. The highest BCUT2D eigenvalue weighted by Crippen LogP contribution is 2.26. The van der Waals surface area contributed by atoms with Gasteiger partial charge in [-0.05, 0) is 43.7 Å². The van der Waals surface area contributed by atoms with Crippen LogP contribution in [0.2, 0.25) is 5.15 Å². The topological polar surface area (TPSA) is 109 Å². The molecule has 0 radical (unpaired) electrons. The smallest absolute Gasteiger partial charge is 0.405 e. The van der Waals surface area contributed by atoms with Gasteiger partial charge in [0.15, 0.2) is 5.82 Å². The number of fused-ring (bicyclic) bond motifs is 1. The highest BCUT2D eigenvalue weighted by molar-refractivity contribution is 6.29. The van der Waals surface area contributed by atoms with Crippen molar-refractivity contribution in [3.8, 4) is 5.75 Å². The summed E-state index contributed by atoms with van der Waals surface area (Å²) >= 11 is 5.94. The zero-order valence-electron chi connectivity index (χ0n) is 15.5. The third kappa shape index (κ3) is 5.41. The Hall–Kier alpha value is -3.20. The zero-order chi connectivity index (χ0) is 20.8. The number of nitrogens with zero attached hydrogens (tertiary/aromatic N) is 3. The molecule has 152 valence electrons. The molecule has 1 aromatic carbocycles. The molecule has 0 fully saturated rings. The van der Waals surface area contributed by atoms with Crippen molar-refractivity contribution < 1.29 is 19.0 Å². The van der Waals surface area contributed by atoms with Crippen LogP contribution in [0.4, 0.5) is 15.0 Å². The number of pyridine rings is 1. The van der Waals surface area contributed by atoms with Crippen molar-refractivity contribution in [2.75, 3.05) is 18.5 Å². The summed E-state index contributed by atoms with van der Waals surface area (Å²) in [5, 5.41) is 14.7. The normalized spacial score (nSPS) is 11.8.